The van der Waals surface area contributed by atoms with Crippen molar-refractivity contribution in [3.05, 3.63) is 95.1 Å². The van der Waals surface area contributed by atoms with E-state index < -0.39 is 52.7 Å². The Morgan fingerprint density at radius 1 is 0.720 bits per heavy atom. The summed E-state index contributed by atoms with van der Waals surface area (Å²) in [6.07, 6.45) is -0.306. The van der Waals surface area contributed by atoms with E-state index in [1.165, 1.54) is 73.8 Å². The summed E-state index contributed by atoms with van der Waals surface area (Å²) in [5.41, 5.74) is 5.92. The van der Waals surface area contributed by atoms with Gasteiger partial charge in [-0.25, -0.2) is 4.79 Å². The first-order chi connectivity index (χ1) is 23.9. The summed E-state index contributed by atoms with van der Waals surface area (Å²) in [5, 5.41) is 49.6. The van der Waals surface area contributed by atoms with Crippen LogP contribution in [0.1, 0.15) is 47.9 Å². The number of phenols is 2. The zero-order valence-corrected chi connectivity index (χ0v) is 26.4. The van der Waals surface area contributed by atoms with Crippen molar-refractivity contribution in [2.24, 2.45) is 0 Å². The summed E-state index contributed by atoms with van der Waals surface area (Å²) in [7, 11) is 2.37. The Labute approximate surface area is 284 Å². The van der Waals surface area contributed by atoms with E-state index in [1.807, 2.05) is 6.07 Å². The van der Waals surface area contributed by atoms with Crippen molar-refractivity contribution in [1.29, 1.82) is 5.26 Å². The van der Waals surface area contributed by atoms with Gasteiger partial charge < -0.3 is 51.8 Å². The molecule has 0 aliphatic carbocycles. The number of nitrogen functional groups attached to an aromatic ring is 1. The minimum atomic E-state index is -1.42. The third-order valence-electron chi connectivity index (χ3n) is 7.15. The second-order valence-corrected chi connectivity index (χ2v) is 10.4. The molecule has 4 aromatic rings. The average molecular weight is 683 g/mol. The first-order valence-corrected chi connectivity index (χ1v) is 14.5. The number of nitrogens with zero attached hydrogens (tertiary/aromatic N) is 1. The number of carbonyl (C=O) groups excluding carboxylic acids is 4. The normalized spacial score (nSPS) is 10.9. The Hall–Kier alpha value is -7.28. The topological polar surface area (TPSA) is 262 Å². The SMILES string of the molecule is COc1c(NC(=O)c2ccc(NC(=O)c3ccc(NC(=O)C(CC#N)NC(=O)c4ccc(N)cc4)cc3)c(OC)c2O)ccc(C(=O)O)c1O. The van der Waals surface area contributed by atoms with Gasteiger partial charge in [-0.15, -0.1) is 0 Å². The molecule has 0 bridgehead atoms. The van der Waals surface area contributed by atoms with Crippen molar-refractivity contribution < 1.29 is 48.8 Å². The van der Waals surface area contributed by atoms with E-state index in [9.17, 15) is 44.6 Å². The molecular formula is C34H30N6O10. The number of anilines is 4. The molecule has 1 unspecified atom stereocenters. The Bertz CT molecular complexity index is 2010. The number of aromatic carboxylic acids is 1. The standard InChI is InChI=1S/C34H30N6O10/c1-49-28-23(13-11-21(26(28)41)32(45)39-24-14-12-22(34(47)48)27(42)29(24)50-2)38-30(43)18-5-9-20(10-6-18)37-33(46)25(15-16-35)40-31(44)17-3-7-19(36)8-4-17/h3-14,25,41-42H,15,36H2,1-2H3,(H,37,46)(H,38,43)(H,39,45)(H,40,44)(H,47,48). The van der Waals surface area contributed by atoms with Gasteiger partial charge in [0, 0.05) is 22.5 Å². The van der Waals surface area contributed by atoms with Gasteiger partial charge in [0.15, 0.2) is 23.0 Å². The molecule has 1 atom stereocenters. The molecule has 0 aromatic heterocycles. The van der Waals surface area contributed by atoms with Crippen LogP contribution in [-0.2, 0) is 4.79 Å². The number of aromatic hydroxyl groups is 2. The van der Waals surface area contributed by atoms with Crippen LogP contribution in [0.15, 0.2) is 72.8 Å². The molecule has 0 saturated heterocycles. The molecule has 50 heavy (non-hydrogen) atoms. The lowest BCUT2D eigenvalue weighted by atomic mass is 10.1. The van der Waals surface area contributed by atoms with Crippen LogP contribution in [0.2, 0.25) is 0 Å². The smallest absolute Gasteiger partial charge is 0.339 e. The van der Waals surface area contributed by atoms with Crippen molar-refractivity contribution in [1.82, 2.24) is 5.32 Å². The maximum Gasteiger partial charge on any atom is 0.339 e. The summed E-state index contributed by atoms with van der Waals surface area (Å²) in [6, 6.07) is 17.1. The fourth-order valence-corrected chi connectivity index (χ4v) is 4.60. The van der Waals surface area contributed by atoms with Crippen molar-refractivity contribution in [2.75, 3.05) is 35.9 Å². The highest BCUT2D eigenvalue weighted by Gasteiger charge is 2.24. The van der Waals surface area contributed by atoms with Gasteiger partial charge in [-0.2, -0.15) is 5.26 Å². The monoisotopic (exact) mass is 682 g/mol. The highest BCUT2D eigenvalue weighted by molar-refractivity contribution is 6.10. The van der Waals surface area contributed by atoms with E-state index in [-0.39, 0.29) is 51.7 Å². The van der Waals surface area contributed by atoms with Gasteiger partial charge in [-0.05, 0) is 72.8 Å². The second-order valence-electron chi connectivity index (χ2n) is 10.4. The zero-order chi connectivity index (χ0) is 36.5. The van der Waals surface area contributed by atoms with Crippen molar-refractivity contribution >= 4 is 52.3 Å². The number of rotatable bonds is 12. The Kier molecular flexibility index (Phi) is 11.1. The van der Waals surface area contributed by atoms with E-state index in [4.69, 9.17) is 15.2 Å². The maximum atomic E-state index is 13.0. The molecule has 0 aliphatic rings. The highest BCUT2D eigenvalue weighted by Crippen LogP contribution is 2.40. The Balaban J connectivity index is 1.44. The maximum absolute atomic E-state index is 13.0. The third kappa shape index (κ3) is 7.98. The van der Waals surface area contributed by atoms with Gasteiger partial charge in [0.2, 0.25) is 5.91 Å². The van der Waals surface area contributed by atoms with E-state index >= 15 is 0 Å². The molecule has 0 aliphatic heterocycles. The number of nitrogens with two attached hydrogens (primary N) is 1. The van der Waals surface area contributed by atoms with Crippen LogP contribution in [0.4, 0.5) is 22.7 Å². The fourth-order valence-electron chi connectivity index (χ4n) is 4.60. The molecule has 4 amide bonds. The number of hydrogen-bond acceptors (Lipinski definition) is 11. The van der Waals surface area contributed by atoms with Crippen LogP contribution in [0.5, 0.6) is 23.0 Å². The van der Waals surface area contributed by atoms with E-state index in [0.29, 0.717) is 5.69 Å². The lowest BCUT2D eigenvalue weighted by Gasteiger charge is -2.17. The molecule has 0 radical (unpaired) electrons. The number of nitrogens with one attached hydrogen (secondary N) is 4. The molecule has 16 heteroatoms. The first kappa shape index (κ1) is 35.6. The minimum absolute atomic E-state index is 0.00107. The molecule has 0 fully saturated rings. The number of benzene rings is 4. The number of carboxylic acids is 1. The van der Waals surface area contributed by atoms with Gasteiger partial charge in [-0.1, -0.05) is 0 Å². The van der Waals surface area contributed by atoms with Crippen LogP contribution in [0.25, 0.3) is 0 Å². The molecule has 0 saturated carbocycles. The summed E-state index contributed by atoms with van der Waals surface area (Å²) in [4.78, 5) is 62.8. The average Bonchev–Trinajstić information content (AvgIpc) is 3.08. The number of carbonyl (C=O) groups is 5. The molecule has 9 N–H and O–H groups in total. The van der Waals surface area contributed by atoms with Crippen molar-refractivity contribution in [3.63, 3.8) is 0 Å². The summed E-state index contributed by atoms with van der Waals surface area (Å²) in [5.74, 6) is -6.09. The van der Waals surface area contributed by atoms with Crippen LogP contribution in [0.3, 0.4) is 0 Å². The van der Waals surface area contributed by atoms with Crippen LogP contribution >= 0.6 is 0 Å². The van der Waals surface area contributed by atoms with Crippen molar-refractivity contribution in [3.8, 4) is 29.1 Å². The molecule has 0 spiro atoms. The molecular weight excluding hydrogens is 652 g/mol. The lowest BCUT2D eigenvalue weighted by molar-refractivity contribution is -0.117. The largest absolute Gasteiger partial charge is 0.504 e. The van der Waals surface area contributed by atoms with Crippen molar-refractivity contribution in [2.45, 2.75) is 12.5 Å². The third-order valence-corrected chi connectivity index (χ3v) is 7.15. The Morgan fingerprint density at radius 3 is 1.76 bits per heavy atom. The Morgan fingerprint density at radius 2 is 1.22 bits per heavy atom. The highest BCUT2D eigenvalue weighted by atomic mass is 16.5. The first-order valence-electron chi connectivity index (χ1n) is 14.5. The fraction of sp³-hybridized carbons (Fsp3) is 0.118. The van der Waals surface area contributed by atoms with E-state index in [2.05, 4.69) is 21.3 Å². The number of amides is 4. The summed E-state index contributed by atoms with van der Waals surface area (Å²) < 4.78 is 10.3. The molecule has 0 heterocycles. The molecule has 4 rings (SSSR count). The second kappa shape index (κ2) is 15.5. The number of carboxylic acid groups (broad SMARTS) is 1. The van der Waals surface area contributed by atoms with Gasteiger partial charge in [0.25, 0.3) is 17.7 Å². The van der Waals surface area contributed by atoms with Gasteiger partial charge in [0.05, 0.1) is 43.6 Å². The quantitative estimate of drug-likeness (QED) is 0.0998. The predicted molar refractivity (Wildman–Crippen MR) is 180 cm³/mol. The van der Waals surface area contributed by atoms with Gasteiger partial charge in [0.1, 0.15) is 11.6 Å². The molecule has 4 aromatic carbocycles. The number of ether oxygens (including phenoxy) is 2. The lowest BCUT2D eigenvalue weighted by Crippen LogP contribution is -2.43. The molecule has 256 valence electrons. The number of hydrogen-bond donors (Lipinski definition) is 8. The number of phenolic OH excluding ortho intramolecular Hbond substituents is 1. The van der Waals surface area contributed by atoms with E-state index in [0.717, 1.165) is 13.2 Å². The van der Waals surface area contributed by atoms with Gasteiger partial charge in [-0.3, -0.25) is 19.2 Å². The van der Waals surface area contributed by atoms with Gasteiger partial charge >= 0.3 is 5.97 Å². The number of methoxy groups -OCH3 is 2. The van der Waals surface area contributed by atoms with Crippen LogP contribution in [0, 0.1) is 11.3 Å². The predicted octanol–water partition coefficient (Wildman–Crippen LogP) is 3.55. The van der Waals surface area contributed by atoms with E-state index in [1.54, 1.807) is 0 Å². The van der Waals surface area contributed by atoms with Crippen LogP contribution < -0.4 is 36.5 Å². The minimum Gasteiger partial charge on any atom is -0.504 e. The summed E-state index contributed by atoms with van der Waals surface area (Å²) >= 11 is 0. The molecule has 16 nitrogen and oxygen atoms in total. The number of nitriles is 1. The van der Waals surface area contributed by atoms with Crippen LogP contribution in [-0.4, -0.2) is 65.2 Å². The zero-order valence-electron chi connectivity index (χ0n) is 26.4. The summed E-state index contributed by atoms with van der Waals surface area (Å²) in [6.45, 7) is 0.